The fraction of sp³-hybridized carbons (Fsp3) is 0.160. The van der Waals surface area contributed by atoms with Gasteiger partial charge in [-0.2, -0.15) is 13.2 Å². The van der Waals surface area contributed by atoms with E-state index in [4.69, 9.17) is 4.74 Å². The molecule has 0 aliphatic heterocycles. The van der Waals surface area contributed by atoms with Crippen LogP contribution in [0.2, 0.25) is 0 Å². The molecule has 1 aliphatic rings. The lowest BCUT2D eigenvalue weighted by atomic mass is 9.98. The van der Waals surface area contributed by atoms with E-state index in [0.29, 0.717) is 6.07 Å². The van der Waals surface area contributed by atoms with Gasteiger partial charge < -0.3 is 15.2 Å². The quantitative estimate of drug-likeness (QED) is 0.547. The molecule has 0 spiro atoms. The minimum Gasteiger partial charge on any atom is -0.508 e. The van der Waals surface area contributed by atoms with Gasteiger partial charge in [0.15, 0.2) is 0 Å². The molecule has 4 rings (SSSR count). The highest BCUT2D eigenvalue weighted by Gasteiger charge is 2.33. The molecule has 32 heavy (non-hydrogen) atoms. The third-order valence-electron chi connectivity index (χ3n) is 5.20. The van der Waals surface area contributed by atoms with Gasteiger partial charge in [0, 0.05) is 11.5 Å². The second-order valence-electron chi connectivity index (χ2n) is 7.21. The van der Waals surface area contributed by atoms with Crippen molar-refractivity contribution < 1.29 is 27.8 Å². The number of amides is 1. The zero-order chi connectivity index (χ0) is 22.7. The monoisotopic (exact) mass is 437 g/mol. The summed E-state index contributed by atoms with van der Waals surface area (Å²) in [5.41, 5.74) is 3.05. The molecule has 3 aromatic rings. The van der Waals surface area contributed by atoms with Gasteiger partial charge >= 0.3 is 12.3 Å². The number of rotatable bonds is 3. The Hall–Kier alpha value is -3.92. The predicted molar refractivity (Wildman–Crippen MR) is 113 cm³/mol. The van der Waals surface area contributed by atoms with Gasteiger partial charge in [0.05, 0.1) is 12.1 Å². The van der Waals surface area contributed by atoms with E-state index in [-0.39, 0.29) is 24.6 Å². The summed E-state index contributed by atoms with van der Waals surface area (Å²) in [7, 11) is 0. The van der Waals surface area contributed by atoms with Gasteiger partial charge in [-0.25, -0.2) is 4.79 Å². The van der Waals surface area contributed by atoms with Gasteiger partial charge in [-0.05, 0) is 40.5 Å². The Bertz CT molecular complexity index is 1180. The Morgan fingerprint density at radius 1 is 1.00 bits per heavy atom. The second kappa shape index (κ2) is 8.67. The van der Waals surface area contributed by atoms with E-state index in [0.717, 1.165) is 34.4 Å². The first-order valence-corrected chi connectivity index (χ1v) is 9.82. The molecule has 0 radical (unpaired) electrons. The minimum absolute atomic E-state index is 0.0921. The summed E-state index contributed by atoms with van der Waals surface area (Å²) in [5, 5.41) is 11.7. The van der Waals surface area contributed by atoms with Crippen molar-refractivity contribution in [3.05, 3.63) is 89.0 Å². The minimum atomic E-state index is -4.65. The lowest BCUT2D eigenvalue weighted by Crippen LogP contribution is -2.26. The second-order valence-corrected chi connectivity index (χ2v) is 7.21. The molecule has 7 heteroatoms. The maximum absolute atomic E-state index is 13.1. The van der Waals surface area contributed by atoms with Gasteiger partial charge in [-0.1, -0.05) is 60.4 Å². The van der Waals surface area contributed by atoms with Crippen LogP contribution >= 0.6 is 0 Å². The molecule has 2 N–H and O–H groups in total. The Morgan fingerprint density at radius 2 is 1.62 bits per heavy atom. The number of alkyl halides is 3. The number of fused-ring (bicyclic) bond motifs is 3. The van der Waals surface area contributed by atoms with Crippen molar-refractivity contribution in [1.29, 1.82) is 0 Å². The van der Waals surface area contributed by atoms with E-state index >= 15 is 0 Å². The largest absolute Gasteiger partial charge is 0.508 e. The summed E-state index contributed by atoms with van der Waals surface area (Å²) < 4.78 is 44.5. The van der Waals surface area contributed by atoms with Crippen molar-refractivity contribution in [3.8, 4) is 28.7 Å². The van der Waals surface area contributed by atoms with E-state index in [2.05, 4.69) is 17.2 Å². The molecule has 4 nitrogen and oxygen atoms in total. The van der Waals surface area contributed by atoms with Crippen molar-refractivity contribution >= 4 is 6.09 Å². The number of phenols is 1. The SMILES string of the molecule is O=C(NCC#Cc1ccc(O)cc1C(F)(F)F)OCC1c2ccccc2-c2ccccc21. The molecule has 0 bridgehead atoms. The summed E-state index contributed by atoms with van der Waals surface area (Å²) in [4.78, 5) is 12.1. The molecule has 3 aromatic carbocycles. The smallest absolute Gasteiger partial charge is 0.417 e. The summed E-state index contributed by atoms with van der Waals surface area (Å²) in [6.07, 6.45) is -5.36. The van der Waals surface area contributed by atoms with Crippen LogP contribution in [0.3, 0.4) is 0 Å². The highest BCUT2D eigenvalue weighted by atomic mass is 19.4. The standard InChI is InChI=1S/C25H18F3NO3/c26-25(27,28)23-14-17(30)12-11-16(23)6-5-13-29-24(31)32-15-22-20-9-3-1-7-18(20)19-8-2-4-10-21(19)22/h1-4,7-12,14,22,30H,13,15H2,(H,29,31). The van der Waals surface area contributed by atoms with Crippen molar-refractivity contribution in [1.82, 2.24) is 5.32 Å². The Balaban J connectivity index is 1.37. The third kappa shape index (κ3) is 4.40. The number of phenolic OH excluding ortho intramolecular Hbond substituents is 1. The molecule has 0 unspecified atom stereocenters. The molecule has 1 amide bonds. The number of carbonyl (C=O) groups is 1. The van der Waals surface area contributed by atoms with Gasteiger partial charge in [0.25, 0.3) is 0 Å². The molecular formula is C25H18F3NO3. The number of nitrogens with one attached hydrogen (secondary N) is 1. The summed E-state index contributed by atoms with van der Waals surface area (Å²) in [6.45, 7) is -0.0572. The number of aromatic hydroxyl groups is 1. The molecular weight excluding hydrogens is 419 g/mol. The molecule has 0 aromatic heterocycles. The normalized spacial score (nSPS) is 12.3. The maximum atomic E-state index is 13.1. The van der Waals surface area contributed by atoms with Gasteiger partial charge in [-0.3, -0.25) is 0 Å². The maximum Gasteiger partial charge on any atom is 0.417 e. The van der Waals surface area contributed by atoms with Crippen LogP contribution in [0.5, 0.6) is 5.75 Å². The fourth-order valence-electron chi connectivity index (χ4n) is 3.78. The van der Waals surface area contributed by atoms with Crippen LogP contribution in [0.4, 0.5) is 18.0 Å². The van der Waals surface area contributed by atoms with E-state index in [1.807, 2.05) is 48.5 Å². The van der Waals surface area contributed by atoms with Crippen molar-refractivity contribution in [2.24, 2.45) is 0 Å². The van der Waals surface area contributed by atoms with Crippen LogP contribution in [0.15, 0.2) is 66.7 Å². The highest BCUT2D eigenvalue weighted by molar-refractivity contribution is 5.79. The van der Waals surface area contributed by atoms with Crippen LogP contribution in [0, 0.1) is 11.8 Å². The summed E-state index contributed by atoms with van der Waals surface area (Å²) >= 11 is 0. The van der Waals surface area contributed by atoms with Gasteiger partial charge in [0.1, 0.15) is 12.4 Å². The van der Waals surface area contributed by atoms with Crippen molar-refractivity contribution in [2.45, 2.75) is 12.1 Å². The lowest BCUT2D eigenvalue weighted by Gasteiger charge is -2.14. The first kappa shape index (κ1) is 21.3. The molecule has 0 saturated carbocycles. The lowest BCUT2D eigenvalue weighted by molar-refractivity contribution is -0.137. The first-order valence-electron chi connectivity index (χ1n) is 9.82. The Labute approximate surface area is 182 Å². The molecule has 162 valence electrons. The van der Waals surface area contributed by atoms with Crippen molar-refractivity contribution in [2.75, 3.05) is 13.2 Å². The van der Waals surface area contributed by atoms with E-state index in [1.54, 1.807) is 0 Å². The molecule has 0 fully saturated rings. The topological polar surface area (TPSA) is 58.6 Å². The Kier molecular flexibility index (Phi) is 5.78. The number of hydrogen-bond acceptors (Lipinski definition) is 3. The molecule has 0 heterocycles. The van der Waals surface area contributed by atoms with Crippen LogP contribution in [0.1, 0.15) is 28.2 Å². The number of ether oxygens (including phenoxy) is 1. The van der Waals surface area contributed by atoms with E-state index in [1.165, 1.54) is 0 Å². The molecule has 1 aliphatic carbocycles. The zero-order valence-electron chi connectivity index (χ0n) is 16.7. The van der Waals surface area contributed by atoms with Crippen molar-refractivity contribution in [3.63, 3.8) is 0 Å². The summed E-state index contributed by atoms with van der Waals surface area (Å²) in [6, 6.07) is 18.7. The van der Waals surface area contributed by atoms with Gasteiger partial charge in [-0.15, -0.1) is 0 Å². The fourth-order valence-corrected chi connectivity index (χ4v) is 3.78. The predicted octanol–water partition coefficient (Wildman–Crippen LogP) is 5.30. The van der Waals surface area contributed by atoms with Crippen LogP contribution < -0.4 is 5.32 Å². The number of alkyl carbamates (subject to hydrolysis) is 1. The summed E-state index contributed by atoms with van der Waals surface area (Å²) in [5.74, 6) is 4.26. The third-order valence-corrected chi connectivity index (χ3v) is 5.20. The average molecular weight is 437 g/mol. The van der Waals surface area contributed by atoms with Crippen LogP contribution in [-0.2, 0) is 10.9 Å². The number of halogens is 3. The zero-order valence-corrected chi connectivity index (χ0v) is 16.7. The Morgan fingerprint density at radius 3 is 2.25 bits per heavy atom. The molecule has 0 atom stereocenters. The van der Waals surface area contributed by atoms with E-state index < -0.39 is 23.6 Å². The van der Waals surface area contributed by atoms with Crippen LogP contribution in [0.25, 0.3) is 11.1 Å². The first-order chi connectivity index (χ1) is 15.3. The average Bonchev–Trinajstić information content (AvgIpc) is 3.09. The molecule has 0 saturated heterocycles. The number of carbonyl (C=O) groups excluding carboxylic acids is 1. The van der Waals surface area contributed by atoms with E-state index in [9.17, 15) is 23.1 Å². The van der Waals surface area contributed by atoms with Gasteiger partial charge in [0.2, 0.25) is 0 Å². The van der Waals surface area contributed by atoms with Crippen LogP contribution in [-0.4, -0.2) is 24.4 Å². The highest BCUT2D eigenvalue weighted by Crippen LogP contribution is 2.44. The number of benzene rings is 3. The number of hydrogen-bond donors (Lipinski definition) is 2.